The van der Waals surface area contributed by atoms with Gasteiger partial charge in [0.25, 0.3) is 0 Å². The molecule has 6 nitrogen and oxygen atoms in total. The fourth-order valence-corrected chi connectivity index (χ4v) is 2.29. The molecule has 1 aromatic heterocycles. The van der Waals surface area contributed by atoms with Crippen molar-refractivity contribution in [1.29, 1.82) is 0 Å². The Morgan fingerprint density at radius 1 is 1.27 bits per heavy atom. The number of hydrogen-bond acceptors (Lipinski definition) is 4. The maximum atomic E-state index is 10.0. The van der Waals surface area contributed by atoms with Gasteiger partial charge in [-0.25, -0.2) is 0 Å². The van der Waals surface area contributed by atoms with Crippen molar-refractivity contribution in [2.24, 2.45) is 4.99 Å². The van der Waals surface area contributed by atoms with Crippen molar-refractivity contribution in [1.82, 2.24) is 10.6 Å². The van der Waals surface area contributed by atoms with E-state index < -0.39 is 6.10 Å². The van der Waals surface area contributed by atoms with Crippen molar-refractivity contribution in [3.05, 3.63) is 54.0 Å². The van der Waals surface area contributed by atoms with Gasteiger partial charge in [-0.15, -0.1) is 24.0 Å². The highest BCUT2D eigenvalue weighted by molar-refractivity contribution is 14.0. The quantitative estimate of drug-likeness (QED) is 0.312. The highest BCUT2D eigenvalue weighted by atomic mass is 127. The van der Waals surface area contributed by atoms with Crippen molar-refractivity contribution < 1.29 is 14.3 Å². The van der Waals surface area contributed by atoms with Crippen molar-refractivity contribution >= 4 is 29.9 Å². The third-order valence-corrected chi connectivity index (χ3v) is 3.52. The van der Waals surface area contributed by atoms with Gasteiger partial charge in [-0.3, -0.25) is 4.99 Å². The van der Waals surface area contributed by atoms with Crippen LogP contribution in [0.3, 0.4) is 0 Å². The molecule has 0 fully saturated rings. The Morgan fingerprint density at radius 3 is 2.73 bits per heavy atom. The van der Waals surface area contributed by atoms with Crippen LogP contribution in [0, 0.1) is 6.92 Å². The molecule has 2 aromatic rings. The molecule has 1 aromatic carbocycles. The highest BCUT2D eigenvalue weighted by Gasteiger charge is 2.11. The van der Waals surface area contributed by atoms with Crippen LogP contribution in [0.15, 0.2) is 52.1 Å². The number of aliphatic hydroxyl groups excluding tert-OH is 1. The normalized spacial score (nSPS) is 13.5. The van der Waals surface area contributed by atoms with Crippen LogP contribution in [0.2, 0.25) is 0 Å². The largest absolute Gasteiger partial charge is 0.489 e. The molecule has 0 aliphatic carbocycles. The minimum absolute atomic E-state index is 0. The van der Waals surface area contributed by atoms with E-state index in [0.717, 1.165) is 12.3 Å². The van der Waals surface area contributed by atoms with Crippen LogP contribution >= 0.6 is 24.0 Å². The van der Waals surface area contributed by atoms with Gasteiger partial charge in [0.15, 0.2) is 5.96 Å². The number of rotatable bonds is 8. The lowest BCUT2D eigenvalue weighted by Crippen LogP contribution is -2.42. The van der Waals surface area contributed by atoms with Crippen molar-refractivity contribution in [3.8, 4) is 5.75 Å². The zero-order valence-electron chi connectivity index (χ0n) is 15.4. The fraction of sp³-hybridized carbons (Fsp3) is 0.421. The van der Waals surface area contributed by atoms with Crippen molar-refractivity contribution in [2.45, 2.75) is 33.0 Å². The molecule has 1 heterocycles. The lowest BCUT2D eigenvalue weighted by atomic mass is 10.2. The van der Waals surface area contributed by atoms with Crippen LogP contribution in [0.25, 0.3) is 0 Å². The van der Waals surface area contributed by atoms with Gasteiger partial charge in [0, 0.05) is 6.54 Å². The van der Waals surface area contributed by atoms with Gasteiger partial charge >= 0.3 is 0 Å². The summed E-state index contributed by atoms with van der Waals surface area (Å²) in [7, 11) is 0. The molecule has 0 spiro atoms. The number of guanidine groups is 1. The Morgan fingerprint density at radius 2 is 2.08 bits per heavy atom. The number of aryl methyl sites for hydroxylation is 1. The molecule has 2 unspecified atom stereocenters. The first-order valence-electron chi connectivity index (χ1n) is 8.55. The predicted molar refractivity (Wildman–Crippen MR) is 114 cm³/mol. The van der Waals surface area contributed by atoms with Gasteiger partial charge in [-0.05, 0) is 50.6 Å². The number of hydrogen-bond donors (Lipinski definition) is 3. The molecule has 0 radical (unpaired) electrons. The van der Waals surface area contributed by atoms with Gasteiger partial charge in [-0.1, -0.05) is 12.1 Å². The van der Waals surface area contributed by atoms with E-state index in [1.807, 2.05) is 45.0 Å². The molecule has 3 N–H and O–H groups in total. The minimum Gasteiger partial charge on any atom is -0.489 e. The summed E-state index contributed by atoms with van der Waals surface area (Å²) in [6.07, 6.45) is 0.753. The fourth-order valence-electron chi connectivity index (χ4n) is 2.29. The third kappa shape index (κ3) is 7.65. The van der Waals surface area contributed by atoms with Gasteiger partial charge < -0.3 is 24.9 Å². The van der Waals surface area contributed by atoms with E-state index in [4.69, 9.17) is 9.15 Å². The molecule has 0 saturated carbocycles. The summed E-state index contributed by atoms with van der Waals surface area (Å²) in [5.41, 5.74) is 1.17. The summed E-state index contributed by atoms with van der Waals surface area (Å²) in [6.45, 7) is 7.57. The number of halogens is 1. The third-order valence-electron chi connectivity index (χ3n) is 3.52. The van der Waals surface area contributed by atoms with E-state index >= 15 is 0 Å². The van der Waals surface area contributed by atoms with Crippen LogP contribution in [0.5, 0.6) is 5.75 Å². The Balaban J connectivity index is 0.00000338. The Bertz CT molecular complexity index is 662. The average molecular weight is 473 g/mol. The van der Waals surface area contributed by atoms with Gasteiger partial charge in [0.05, 0.1) is 19.4 Å². The van der Waals surface area contributed by atoms with E-state index in [1.54, 1.807) is 12.1 Å². The maximum Gasteiger partial charge on any atom is 0.191 e. The van der Waals surface area contributed by atoms with Gasteiger partial charge in [0.2, 0.25) is 0 Å². The average Bonchev–Trinajstić information content (AvgIpc) is 3.12. The van der Waals surface area contributed by atoms with Crippen LogP contribution in [0.4, 0.5) is 0 Å². The predicted octanol–water partition coefficient (Wildman–Crippen LogP) is 3.26. The number of nitrogens with one attached hydrogen (secondary N) is 2. The topological polar surface area (TPSA) is 79.0 Å². The monoisotopic (exact) mass is 473 g/mol. The van der Waals surface area contributed by atoms with E-state index in [2.05, 4.69) is 15.6 Å². The summed E-state index contributed by atoms with van der Waals surface area (Å²) < 4.78 is 11.1. The van der Waals surface area contributed by atoms with Crippen molar-refractivity contribution in [3.63, 3.8) is 0 Å². The molecule has 7 heteroatoms. The van der Waals surface area contributed by atoms with E-state index in [1.165, 1.54) is 11.8 Å². The maximum absolute atomic E-state index is 10.0. The molecule has 144 valence electrons. The standard InChI is InChI=1S/C19H27N3O3.HI/c1-4-20-19(22-13-17(23)18-9-6-10-24-18)21-12-15(3)25-16-8-5-7-14(2)11-16;/h5-11,15,17,23H,4,12-13H2,1-3H3,(H2,20,21,22);1H. The molecule has 0 aliphatic rings. The Hall–Kier alpha value is -1.74. The first-order valence-corrected chi connectivity index (χ1v) is 8.55. The summed E-state index contributed by atoms with van der Waals surface area (Å²) in [5, 5.41) is 16.4. The molecule has 0 aliphatic heterocycles. The summed E-state index contributed by atoms with van der Waals surface area (Å²) in [4.78, 5) is 4.39. The lowest BCUT2D eigenvalue weighted by Gasteiger charge is -2.18. The number of benzene rings is 1. The van der Waals surface area contributed by atoms with Gasteiger partial charge in [-0.2, -0.15) is 0 Å². The first-order chi connectivity index (χ1) is 12.1. The second kappa shape index (κ2) is 11.8. The number of nitrogens with zero attached hydrogens (tertiary/aromatic N) is 1. The second-order valence-electron chi connectivity index (χ2n) is 5.88. The number of aliphatic imine (C=N–C) groups is 1. The van der Waals surface area contributed by atoms with Crippen molar-refractivity contribution in [2.75, 3.05) is 19.6 Å². The highest BCUT2D eigenvalue weighted by Crippen LogP contribution is 2.14. The molecule has 0 bridgehead atoms. The van der Waals surface area contributed by atoms with Crippen LogP contribution in [-0.2, 0) is 0 Å². The van der Waals surface area contributed by atoms with Crippen LogP contribution < -0.4 is 15.4 Å². The first kappa shape index (κ1) is 22.3. The SMILES string of the molecule is CCNC(=NCC(O)c1ccco1)NCC(C)Oc1cccc(C)c1.I. The molecule has 0 saturated heterocycles. The number of aliphatic hydroxyl groups is 1. The molecule has 2 atom stereocenters. The zero-order chi connectivity index (χ0) is 18.1. The lowest BCUT2D eigenvalue weighted by molar-refractivity contribution is 0.158. The summed E-state index contributed by atoms with van der Waals surface area (Å²) >= 11 is 0. The van der Waals surface area contributed by atoms with Gasteiger partial charge in [0.1, 0.15) is 23.7 Å². The molecular formula is C19H28IN3O3. The summed E-state index contributed by atoms with van der Waals surface area (Å²) in [6, 6.07) is 11.5. The second-order valence-corrected chi connectivity index (χ2v) is 5.88. The summed E-state index contributed by atoms with van der Waals surface area (Å²) in [5.74, 6) is 1.99. The van der Waals surface area contributed by atoms with E-state index in [9.17, 15) is 5.11 Å². The zero-order valence-corrected chi connectivity index (χ0v) is 17.8. The molecular weight excluding hydrogens is 445 g/mol. The minimum atomic E-state index is -0.758. The van der Waals surface area contributed by atoms with E-state index in [0.29, 0.717) is 18.3 Å². The smallest absolute Gasteiger partial charge is 0.191 e. The number of ether oxygens (including phenoxy) is 1. The molecule has 26 heavy (non-hydrogen) atoms. The van der Waals surface area contributed by atoms with E-state index in [-0.39, 0.29) is 36.6 Å². The number of furan rings is 1. The van der Waals surface area contributed by atoms with Crippen LogP contribution in [-0.4, -0.2) is 36.8 Å². The Labute approximate surface area is 172 Å². The Kier molecular flexibility index (Phi) is 10.1. The molecule has 0 amide bonds. The van der Waals surface area contributed by atoms with Crippen LogP contribution in [0.1, 0.15) is 31.3 Å². The molecule has 2 rings (SSSR count).